The normalized spacial score (nSPS) is 16.1. The third kappa shape index (κ3) is 4.25. The van der Waals surface area contributed by atoms with Crippen molar-refractivity contribution in [2.45, 2.75) is 19.4 Å². The maximum absolute atomic E-state index is 12.2. The third-order valence-electron chi connectivity index (χ3n) is 3.70. The number of amides is 2. The van der Waals surface area contributed by atoms with Gasteiger partial charge in [-0.3, -0.25) is 0 Å². The fraction of sp³-hybridized carbons (Fsp3) is 0.438. The molecule has 2 aromatic rings. The first-order valence-corrected chi connectivity index (χ1v) is 8.87. The minimum atomic E-state index is -0.297. The van der Waals surface area contributed by atoms with Crippen molar-refractivity contribution in [3.63, 3.8) is 0 Å². The number of nitrogens with zero attached hydrogens (tertiary/aromatic N) is 3. The molecule has 2 amide bonds. The summed E-state index contributed by atoms with van der Waals surface area (Å²) in [6, 6.07) is 9.62. The molecule has 1 aromatic heterocycles. The summed E-state index contributed by atoms with van der Waals surface area (Å²) in [4.78, 5) is 18.4. The SMILES string of the molecule is C[C@H](NC(=O)N1CCSCC1)c1nc(Cc2ccccc2)no1. The maximum Gasteiger partial charge on any atom is 0.318 e. The van der Waals surface area contributed by atoms with Crippen LogP contribution in [0.25, 0.3) is 0 Å². The van der Waals surface area contributed by atoms with Gasteiger partial charge in [-0.25, -0.2) is 4.79 Å². The van der Waals surface area contributed by atoms with Crippen LogP contribution >= 0.6 is 11.8 Å². The molecule has 1 fully saturated rings. The van der Waals surface area contributed by atoms with E-state index in [4.69, 9.17) is 4.52 Å². The molecule has 1 aromatic carbocycles. The Labute approximate surface area is 139 Å². The molecule has 122 valence electrons. The van der Waals surface area contributed by atoms with Crippen LogP contribution in [0.2, 0.25) is 0 Å². The van der Waals surface area contributed by atoms with Gasteiger partial charge < -0.3 is 14.7 Å². The van der Waals surface area contributed by atoms with Crippen molar-refractivity contribution >= 4 is 17.8 Å². The molecule has 6 nitrogen and oxygen atoms in total. The predicted octanol–water partition coefficient (Wildman–Crippen LogP) is 2.48. The average Bonchev–Trinajstić information content (AvgIpc) is 3.05. The van der Waals surface area contributed by atoms with Gasteiger partial charge in [0.1, 0.15) is 6.04 Å². The second-order valence-electron chi connectivity index (χ2n) is 5.48. The number of carbonyl (C=O) groups excluding carboxylic acids is 1. The summed E-state index contributed by atoms with van der Waals surface area (Å²) in [7, 11) is 0. The van der Waals surface area contributed by atoms with Crippen LogP contribution in [0, 0.1) is 0 Å². The minimum absolute atomic E-state index is 0.0689. The van der Waals surface area contributed by atoms with E-state index in [2.05, 4.69) is 15.5 Å². The molecule has 1 atom stereocenters. The molecule has 1 saturated heterocycles. The van der Waals surface area contributed by atoms with Gasteiger partial charge in [0.2, 0.25) is 5.89 Å². The van der Waals surface area contributed by atoms with E-state index in [1.807, 2.05) is 53.9 Å². The van der Waals surface area contributed by atoms with E-state index in [1.54, 1.807) is 0 Å². The molecule has 3 rings (SSSR count). The van der Waals surface area contributed by atoms with E-state index in [0.717, 1.165) is 30.2 Å². The molecule has 1 N–H and O–H groups in total. The van der Waals surface area contributed by atoms with Crippen LogP contribution in [0.1, 0.15) is 30.2 Å². The highest BCUT2D eigenvalue weighted by atomic mass is 32.2. The Kier molecular flexibility index (Phi) is 5.17. The monoisotopic (exact) mass is 332 g/mol. The Morgan fingerprint density at radius 2 is 2.09 bits per heavy atom. The Hall–Kier alpha value is -2.02. The van der Waals surface area contributed by atoms with E-state index in [9.17, 15) is 4.79 Å². The lowest BCUT2D eigenvalue weighted by Crippen LogP contribution is -2.45. The first kappa shape index (κ1) is 15.9. The van der Waals surface area contributed by atoms with Crippen LogP contribution < -0.4 is 5.32 Å². The van der Waals surface area contributed by atoms with Crippen molar-refractivity contribution in [2.24, 2.45) is 0 Å². The Morgan fingerprint density at radius 1 is 1.35 bits per heavy atom. The minimum Gasteiger partial charge on any atom is -0.337 e. The Morgan fingerprint density at radius 3 is 2.83 bits per heavy atom. The van der Waals surface area contributed by atoms with Gasteiger partial charge in [0.25, 0.3) is 0 Å². The summed E-state index contributed by atoms with van der Waals surface area (Å²) in [6.07, 6.45) is 0.619. The van der Waals surface area contributed by atoms with Crippen LogP contribution in [0.3, 0.4) is 0 Å². The molecule has 0 spiro atoms. The smallest absolute Gasteiger partial charge is 0.318 e. The summed E-state index contributed by atoms with van der Waals surface area (Å²) < 4.78 is 5.29. The van der Waals surface area contributed by atoms with Crippen molar-refractivity contribution in [3.05, 3.63) is 47.6 Å². The van der Waals surface area contributed by atoms with Gasteiger partial charge >= 0.3 is 6.03 Å². The van der Waals surface area contributed by atoms with Gasteiger partial charge in [-0.2, -0.15) is 16.7 Å². The van der Waals surface area contributed by atoms with Crippen LogP contribution in [-0.4, -0.2) is 45.7 Å². The second-order valence-corrected chi connectivity index (χ2v) is 6.71. The summed E-state index contributed by atoms with van der Waals surface area (Å²) in [5.41, 5.74) is 1.13. The van der Waals surface area contributed by atoms with E-state index in [0.29, 0.717) is 18.1 Å². The molecule has 0 bridgehead atoms. The number of benzene rings is 1. The maximum atomic E-state index is 12.2. The van der Waals surface area contributed by atoms with Gasteiger partial charge in [0.05, 0.1) is 0 Å². The summed E-state index contributed by atoms with van der Waals surface area (Å²) in [6.45, 7) is 3.43. The lowest BCUT2D eigenvalue weighted by Gasteiger charge is -2.27. The molecular formula is C16H20N4O2S. The van der Waals surface area contributed by atoms with Crippen LogP contribution in [0.5, 0.6) is 0 Å². The fourth-order valence-electron chi connectivity index (χ4n) is 2.40. The summed E-state index contributed by atoms with van der Waals surface area (Å²) in [5.74, 6) is 3.05. The van der Waals surface area contributed by atoms with Gasteiger partial charge in [0, 0.05) is 31.0 Å². The number of thioether (sulfide) groups is 1. The molecule has 0 saturated carbocycles. The number of aromatic nitrogens is 2. The van der Waals surface area contributed by atoms with E-state index in [1.165, 1.54) is 0 Å². The molecule has 7 heteroatoms. The largest absolute Gasteiger partial charge is 0.337 e. The Balaban J connectivity index is 1.57. The van der Waals surface area contributed by atoms with Gasteiger partial charge in [-0.1, -0.05) is 35.5 Å². The predicted molar refractivity (Wildman–Crippen MR) is 89.4 cm³/mol. The molecule has 0 unspecified atom stereocenters. The number of urea groups is 1. The van der Waals surface area contributed by atoms with Crippen LogP contribution in [-0.2, 0) is 6.42 Å². The zero-order valence-electron chi connectivity index (χ0n) is 13.1. The Bertz CT molecular complexity index is 641. The van der Waals surface area contributed by atoms with E-state index < -0.39 is 0 Å². The summed E-state index contributed by atoms with van der Waals surface area (Å²) in [5, 5.41) is 6.92. The van der Waals surface area contributed by atoms with E-state index in [-0.39, 0.29) is 12.1 Å². The quantitative estimate of drug-likeness (QED) is 0.931. The van der Waals surface area contributed by atoms with Crippen LogP contribution in [0.4, 0.5) is 4.79 Å². The van der Waals surface area contributed by atoms with Crippen molar-refractivity contribution < 1.29 is 9.32 Å². The highest BCUT2D eigenvalue weighted by Crippen LogP contribution is 2.14. The third-order valence-corrected chi connectivity index (χ3v) is 4.64. The lowest BCUT2D eigenvalue weighted by molar-refractivity contribution is 0.196. The average molecular weight is 332 g/mol. The van der Waals surface area contributed by atoms with Crippen molar-refractivity contribution in [2.75, 3.05) is 24.6 Å². The number of hydrogen-bond acceptors (Lipinski definition) is 5. The van der Waals surface area contributed by atoms with Gasteiger partial charge in [0.15, 0.2) is 5.82 Å². The highest BCUT2D eigenvalue weighted by molar-refractivity contribution is 7.99. The molecule has 1 aliphatic heterocycles. The second kappa shape index (κ2) is 7.50. The first-order valence-electron chi connectivity index (χ1n) is 7.72. The number of hydrogen-bond donors (Lipinski definition) is 1. The zero-order valence-corrected chi connectivity index (χ0v) is 13.9. The molecule has 0 aliphatic carbocycles. The van der Waals surface area contributed by atoms with Crippen LogP contribution in [0.15, 0.2) is 34.9 Å². The topological polar surface area (TPSA) is 71.3 Å². The summed E-state index contributed by atoms with van der Waals surface area (Å²) >= 11 is 1.87. The number of rotatable bonds is 4. The van der Waals surface area contributed by atoms with Crippen molar-refractivity contribution in [1.82, 2.24) is 20.4 Å². The van der Waals surface area contributed by atoms with Gasteiger partial charge in [-0.05, 0) is 12.5 Å². The fourth-order valence-corrected chi connectivity index (χ4v) is 3.30. The molecule has 0 radical (unpaired) electrons. The molecular weight excluding hydrogens is 312 g/mol. The van der Waals surface area contributed by atoms with Gasteiger partial charge in [-0.15, -0.1) is 0 Å². The lowest BCUT2D eigenvalue weighted by atomic mass is 10.1. The number of nitrogens with one attached hydrogen (secondary N) is 1. The standard InChI is InChI=1S/C16H20N4O2S/c1-12(17-16(21)20-7-9-23-10-8-20)15-18-14(19-22-15)11-13-5-3-2-4-6-13/h2-6,12H,7-11H2,1H3,(H,17,21)/t12-/m0/s1. The molecule has 2 heterocycles. The number of carbonyl (C=O) groups is 1. The first-order chi connectivity index (χ1) is 11.2. The zero-order chi connectivity index (χ0) is 16.1. The molecule has 23 heavy (non-hydrogen) atoms. The molecule has 1 aliphatic rings. The van der Waals surface area contributed by atoms with Crippen molar-refractivity contribution in [1.29, 1.82) is 0 Å². The van der Waals surface area contributed by atoms with Crippen molar-refractivity contribution in [3.8, 4) is 0 Å². The van der Waals surface area contributed by atoms with E-state index >= 15 is 0 Å². The highest BCUT2D eigenvalue weighted by Gasteiger charge is 2.21.